The minimum absolute atomic E-state index is 0.156. The van der Waals surface area contributed by atoms with Crippen LogP contribution < -0.4 is 0 Å². The number of amides is 1. The Labute approximate surface area is 198 Å². The molecule has 0 unspecified atom stereocenters. The van der Waals surface area contributed by atoms with E-state index in [-0.39, 0.29) is 17.9 Å². The Morgan fingerprint density at radius 2 is 1.85 bits per heavy atom. The molecule has 8 nitrogen and oxygen atoms in total. The van der Waals surface area contributed by atoms with Crippen LogP contribution in [0.5, 0.6) is 0 Å². The summed E-state index contributed by atoms with van der Waals surface area (Å²) in [4.78, 5) is 31.8. The van der Waals surface area contributed by atoms with Gasteiger partial charge in [-0.25, -0.2) is 14.3 Å². The van der Waals surface area contributed by atoms with E-state index in [0.717, 1.165) is 46.3 Å². The third kappa shape index (κ3) is 3.83. The van der Waals surface area contributed by atoms with Crippen LogP contribution in [0, 0.1) is 13.8 Å². The first-order chi connectivity index (χ1) is 16.5. The Hall–Kier alpha value is -3.68. The molecule has 3 aromatic heterocycles. The zero-order valence-corrected chi connectivity index (χ0v) is 19.8. The van der Waals surface area contributed by atoms with Crippen molar-refractivity contribution >= 4 is 28.4 Å². The van der Waals surface area contributed by atoms with Gasteiger partial charge in [-0.1, -0.05) is 12.1 Å². The molecule has 5 rings (SSSR count). The second kappa shape index (κ2) is 8.93. The summed E-state index contributed by atoms with van der Waals surface area (Å²) in [5.41, 5.74) is 5.41. The van der Waals surface area contributed by atoms with E-state index in [9.17, 15) is 9.59 Å². The number of rotatable bonds is 5. The third-order valence-corrected chi connectivity index (χ3v) is 6.99. The summed E-state index contributed by atoms with van der Waals surface area (Å²) < 4.78 is 8.77. The van der Waals surface area contributed by atoms with Gasteiger partial charge in [0.15, 0.2) is 5.65 Å². The molecular formula is C26H29N5O3. The molecule has 0 bridgehead atoms. The van der Waals surface area contributed by atoms with Crippen LogP contribution in [0.2, 0.25) is 0 Å². The highest BCUT2D eigenvalue weighted by Gasteiger charge is 2.26. The number of esters is 1. The van der Waals surface area contributed by atoms with Crippen LogP contribution in [0.1, 0.15) is 52.7 Å². The number of carbonyl (C=O) groups is 2. The maximum Gasteiger partial charge on any atom is 0.354 e. The molecule has 1 saturated heterocycles. The van der Waals surface area contributed by atoms with Crippen molar-refractivity contribution in [3.8, 4) is 0 Å². The lowest BCUT2D eigenvalue weighted by Crippen LogP contribution is -2.39. The van der Waals surface area contributed by atoms with Crippen molar-refractivity contribution in [2.45, 2.75) is 45.6 Å². The summed E-state index contributed by atoms with van der Waals surface area (Å²) in [6.07, 6.45) is 4.63. The Balaban J connectivity index is 1.25. The zero-order chi connectivity index (χ0) is 23.8. The number of ether oxygens (including phenoxy) is 1. The normalized spacial score (nSPS) is 14.7. The van der Waals surface area contributed by atoms with Gasteiger partial charge < -0.3 is 14.2 Å². The standard InChI is InChI=1S/C26H29N5O3/c1-17-20(18(2)31-25(27-17)21-7-4-5-8-22(21)28-31)10-11-24(32)29-15-12-19(13-16-29)30-14-6-9-23(30)26(33)34-3/h4-9,14,19H,10-13,15-16H2,1-3H3. The van der Waals surface area contributed by atoms with Crippen molar-refractivity contribution in [1.82, 2.24) is 24.1 Å². The fraction of sp³-hybridized carbons (Fsp3) is 0.385. The average molecular weight is 460 g/mol. The Morgan fingerprint density at radius 1 is 1.09 bits per heavy atom. The number of nitrogens with zero attached hydrogens (tertiary/aromatic N) is 5. The SMILES string of the molecule is COC(=O)c1cccn1C1CCN(C(=O)CCc2c(C)nc3c4ccccc4nn3c2C)CC1. The van der Waals surface area contributed by atoms with Gasteiger partial charge in [0.05, 0.1) is 12.6 Å². The van der Waals surface area contributed by atoms with Crippen molar-refractivity contribution in [2.24, 2.45) is 0 Å². The molecule has 1 aliphatic rings. The van der Waals surface area contributed by atoms with Gasteiger partial charge in [-0.15, -0.1) is 0 Å². The average Bonchev–Trinajstić information content (AvgIpc) is 3.49. The summed E-state index contributed by atoms with van der Waals surface area (Å²) in [5.74, 6) is -0.173. The largest absolute Gasteiger partial charge is 0.464 e. The number of fused-ring (bicyclic) bond motifs is 3. The first-order valence-electron chi connectivity index (χ1n) is 11.7. The number of piperidine rings is 1. The molecule has 8 heteroatoms. The van der Waals surface area contributed by atoms with Gasteiger partial charge in [0.1, 0.15) is 5.69 Å². The van der Waals surface area contributed by atoms with Crippen LogP contribution >= 0.6 is 0 Å². The van der Waals surface area contributed by atoms with Gasteiger partial charge in [0, 0.05) is 48.5 Å². The molecule has 0 aliphatic carbocycles. The molecule has 1 amide bonds. The van der Waals surface area contributed by atoms with E-state index in [4.69, 9.17) is 14.8 Å². The molecule has 0 spiro atoms. The van der Waals surface area contributed by atoms with E-state index in [1.165, 1.54) is 7.11 Å². The molecule has 1 fully saturated rings. The van der Waals surface area contributed by atoms with Crippen molar-refractivity contribution in [3.05, 3.63) is 65.2 Å². The summed E-state index contributed by atoms with van der Waals surface area (Å²) in [6, 6.07) is 11.8. The first kappa shape index (κ1) is 22.1. The number of hydrogen-bond acceptors (Lipinski definition) is 5. The molecule has 1 aliphatic heterocycles. The fourth-order valence-corrected chi connectivity index (χ4v) is 5.11. The van der Waals surface area contributed by atoms with E-state index < -0.39 is 0 Å². The number of aryl methyl sites for hydroxylation is 2. The molecule has 0 N–H and O–H groups in total. The third-order valence-electron chi connectivity index (χ3n) is 6.99. The van der Waals surface area contributed by atoms with Gasteiger partial charge in [-0.3, -0.25) is 4.79 Å². The maximum absolute atomic E-state index is 13.0. The minimum atomic E-state index is -0.329. The van der Waals surface area contributed by atoms with Gasteiger partial charge >= 0.3 is 5.97 Å². The maximum atomic E-state index is 13.0. The number of methoxy groups -OCH3 is 1. The topological polar surface area (TPSA) is 81.7 Å². The van der Waals surface area contributed by atoms with Crippen LogP contribution in [0.25, 0.3) is 16.6 Å². The van der Waals surface area contributed by atoms with Crippen molar-refractivity contribution in [2.75, 3.05) is 20.2 Å². The molecular weight excluding hydrogens is 430 g/mol. The highest BCUT2D eigenvalue weighted by molar-refractivity contribution is 5.92. The second-order valence-electron chi connectivity index (χ2n) is 8.92. The number of likely N-dealkylation sites (tertiary alicyclic amines) is 1. The zero-order valence-electron chi connectivity index (χ0n) is 19.8. The van der Waals surface area contributed by atoms with Crippen LogP contribution in [0.4, 0.5) is 0 Å². The summed E-state index contributed by atoms with van der Waals surface area (Å²) >= 11 is 0. The molecule has 1 aromatic carbocycles. The molecule has 34 heavy (non-hydrogen) atoms. The highest BCUT2D eigenvalue weighted by Crippen LogP contribution is 2.26. The second-order valence-corrected chi connectivity index (χ2v) is 8.92. The number of hydrogen-bond donors (Lipinski definition) is 0. The molecule has 0 atom stereocenters. The Kier molecular flexibility index (Phi) is 5.81. The van der Waals surface area contributed by atoms with E-state index in [2.05, 4.69) is 6.92 Å². The summed E-state index contributed by atoms with van der Waals surface area (Å²) in [6.45, 7) is 5.43. The highest BCUT2D eigenvalue weighted by atomic mass is 16.5. The quantitative estimate of drug-likeness (QED) is 0.423. The molecule has 0 saturated carbocycles. The molecule has 4 heterocycles. The molecule has 176 valence electrons. The van der Waals surface area contributed by atoms with E-state index in [0.29, 0.717) is 31.6 Å². The van der Waals surface area contributed by atoms with E-state index in [1.807, 2.05) is 57.4 Å². The van der Waals surface area contributed by atoms with Crippen LogP contribution in [0.3, 0.4) is 0 Å². The predicted octanol–water partition coefficient (Wildman–Crippen LogP) is 3.88. The Bertz CT molecular complexity index is 1380. The lowest BCUT2D eigenvalue weighted by atomic mass is 10.0. The fourth-order valence-electron chi connectivity index (χ4n) is 5.11. The summed E-state index contributed by atoms with van der Waals surface area (Å²) in [7, 11) is 1.40. The van der Waals surface area contributed by atoms with E-state index >= 15 is 0 Å². The van der Waals surface area contributed by atoms with Crippen LogP contribution in [-0.4, -0.2) is 56.1 Å². The van der Waals surface area contributed by atoms with Crippen LogP contribution in [-0.2, 0) is 16.0 Å². The lowest BCUT2D eigenvalue weighted by Gasteiger charge is -2.33. The van der Waals surface area contributed by atoms with Gasteiger partial charge in [-0.05, 0) is 62.9 Å². The number of benzene rings is 1. The van der Waals surface area contributed by atoms with Gasteiger partial charge in [0.2, 0.25) is 5.91 Å². The minimum Gasteiger partial charge on any atom is -0.464 e. The summed E-state index contributed by atoms with van der Waals surface area (Å²) in [5, 5.41) is 5.75. The monoisotopic (exact) mass is 459 g/mol. The molecule has 4 aromatic rings. The number of aromatic nitrogens is 4. The Morgan fingerprint density at radius 3 is 2.62 bits per heavy atom. The van der Waals surface area contributed by atoms with Crippen molar-refractivity contribution in [3.63, 3.8) is 0 Å². The van der Waals surface area contributed by atoms with Crippen molar-refractivity contribution in [1.29, 1.82) is 0 Å². The lowest BCUT2D eigenvalue weighted by molar-refractivity contribution is -0.132. The smallest absolute Gasteiger partial charge is 0.354 e. The van der Waals surface area contributed by atoms with Gasteiger partial charge in [-0.2, -0.15) is 5.10 Å². The van der Waals surface area contributed by atoms with Gasteiger partial charge in [0.25, 0.3) is 0 Å². The predicted molar refractivity (Wildman–Crippen MR) is 129 cm³/mol. The van der Waals surface area contributed by atoms with Crippen molar-refractivity contribution < 1.29 is 14.3 Å². The van der Waals surface area contributed by atoms with E-state index in [1.54, 1.807) is 6.07 Å². The number of carbonyl (C=O) groups excluding carboxylic acids is 2. The first-order valence-corrected chi connectivity index (χ1v) is 11.7. The van der Waals surface area contributed by atoms with Crippen LogP contribution in [0.15, 0.2) is 42.6 Å². The molecule has 0 radical (unpaired) electrons.